The van der Waals surface area contributed by atoms with Crippen molar-refractivity contribution in [1.29, 1.82) is 5.26 Å². The number of hydrogen-bond acceptors (Lipinski definition) is 3. The molecule has 0 aliphatic rings. The minimum atomic E-state index is -0.852. The number of amides is 1. The number of rotatable bonds is 4. The lowest BCUT2D eigenvalue weighted by atomic mass is 9.92. The van der Waals surface area contributed by atoms with Crippen LogP contribution in [0.2, 0.25) is 5.02 Å². The standard InChI is InChI=1S/C20H20ClF2N5O/c1-20(2,3)18(27-17(29)12-7-9-13(21)10-8-12)28-19(25-11-24)26-16-14(22)5-4-6-15(16)23/h4-10,18H,1-3H3,(H,27,29)(H2,25,26,28). The molecular formula is C20H20ClF2N5O. The van der Waals surface area contributed by atoms with Gasteiger partial charge < -0.3 is 10.6 Å². The Morgan fingerprint density at radius 2 is 1.72 bits per heavy atom. The van der Waals surface area contributed by atoms with Crippen molar-refractivity contribution in [2.24, 2.45) is 10.4 Å². The predicted octanol–water partition coefficient (Wildman–Crippen LogP) is 4.26. The molecule has 2 rings (SSSR count). The number of nitrogens with one attached hydrogen (secondary N) is 3. The maximum absolute atomic E-state index is 13.9. The molecule has 0 spiro atoms. The Bertz CT molecular complexity index is 929. The number of guanidine groups is 1. The van der Waals surface area contributed by atoms with Crippen LogP contribution >= 0.6 is 11.6 Å². The Labute approximate surface area is 172 Å². The summed E-state index contributed by atoms with van der Waals surface area (Å²) in [4.78, 5) is 16.8. The molecule has 0 aromatic heterocycles. The van der Waals surface area contributed by atoms with Crippen molar-refractivity contribution in [2.75, 3.05) is 5.32 Å². The number of hydrogen-bond donors (Lipinski definition) is 3. The second-order valence-electron chi connectivity index (χ2n) is 7.19. The van der Waals surface area contributed by atoms with Gasteiger partial charge in [0.05, 0.1) is 0 Å². The van der Waals surface area contributed by atoms with E-state index < -0.39 is 34.8 Å². The zero-order chi connectivity index (χ0) is 21.6. The summed E-state index contributed by atoms with van der Waals surface area (Å²) in [7, 11) is 0. The molecule has 0 fully saturated rings. The number of carbonyl (C=O) groups is 1. The fourth-order valence-electron chi connectivity index (χ4n) is 2.26. The van der Waals surface area contributed by atoms with E-state index in [1.54, 1.807) is 30.5 Å². The summed E-state index contributed by atoms with van der Waals surface area (Å²) in [5, 5.41) is 16.9. The van der Waals surface area contributed by atoms with Crippen molar-refractivity contribution < 1.29 is 13.6 Å². The molecule has 0 radical (unpaired) electrons. The van der Waals surface area contributed by atoms with Gasteiger partial charge in [0, 0.05) is 16.0 Å². The Balaban J connectivity index is 2.33. The van der Waals surface area contributed by atoms with Crippen molar-refractivity contribution in [1.82, 2.24) is 10.6 Å². The van der Waals surface area contributed by atoms with Gasteiger partial charge in [-0.3, -0.25) is 10.1 Å². The second kappa shape index (κ2) is 9.34. The molecule has 9 heteroatoms. The van der Waals surface area contributed by atoms with Crippen LogP contribution in [-0.4, -0.2) is 18.0 Å². The number of aliphatic imine (C=N–C) groups is 1. The first-order chi connectivity index (χ1) is 13.6. The van der Waals surface area contributed by atoms with Gasteiger partial charge in [-0.1, -0.05) is 38.4 Å². The van der Waals surface area contributed by atoms with Crippen LogP contribution < -0.4 is 16.0 Å². The maximum atomic E-state index is 13.9. The molecule has 0 heterocycles. The van der Waals surface area contributed by atoms with Crippen LogP contribution in [0.15, 0.2) is 47.5 Å². The van der Waals surface area contributed by atoms with Gasteiger partial charge in [0.15, 0.2) is 6.19 Å². The van der Waals surface area contributed by atoms with Crippen LogP contribution in [-0.2, 0) is 0 Å². The van der Waals surface area contributed by atoms with E-state index in [0.29, 0.717) is 10.6 Å². The fourth-order valence-corrected chi connectivity index (χ4v) is 2.39. The summed E-state index contributed by atoms with van der Waals surface area (Å²) in [6.45, 7) is 5.45. The maximum Gasteiger partial charge on any atom is 0.252 e. The van der Waals surface area contributed by atoms with E-state index in [4.69, 9.17) is 16.9 Å². The van der Waals surface area contributed by atoms with Gasteiger partial charge in [0.2, 0.25) is 5.96 Å². The van der Waals surface area contributed by atoms with E-state index in [9.17, 15) is 13.6 Å². The molecule has 1 amide bonds. The third kappa shape index (κ3) is 6.16. The number of halogens is 3. The highest BCUT2D eigenvalue weighted by atomic mass is 35.5. The van der Waals surface area contributed by atoms with Gasteiger partial charge in [-0.2, -0.15) is 5.26 Å². The van der Waals surface area contributed by atoms with Crippen molar-refractivity contribution >= 4 is 29.2 Å². The van der Waals surface area contributed by atoms with E-state index in [2.05, 4.69) is 20.9 Å². The molecule has 1 atom stereocenters. The summed E-state index contributed by atoms with van der Waals surface area (Å²) in [5.41, 5.74) is -0.688. The van der Waals surface area contributed by atoms with Crippen molar-refractivity contribution in [2.45, 2.75) is 26.9 Å². The highest BCUT2D eigenvalue weighted by Crippen LogP contribution is 2.22. The molecule has 0 bridgehead atoms. The van der Waals surface area contributed by atoms with Crippen LogP contribution in [0.3, 0.4) is 0 Å². The third-order valence-corrected chi connectivity index (χ3v) is 4.09. The zero-order valence-electron chi connectivity index (χ0n) is 16.1. The minimum Gasteiger partial charge on any atom is -0.330 e. The number of benzene rings is 2. The first kappa shape index (κ1) is 22.1. The van der Waals surface area contributed by atoms with Crippen LogP contribution in [0, 0.1) is 28.5 Å². The Morgan fingerprint density at radius 3 is 2.24 bits per heavy atom. The molecule has 0 saturated carbocycles. The van der Waals surface area contributed by atoms with Crippen LogP contribution in [0.4, 0.5) is 14.5 Å². The SMILES string of the molecule is CC(C)(C)C(/N=C(/NC#N)Nc1c(F)cccc1F)NC(=O)c1ccc(Cl)cc1. The smallest absolute Gasteiger partial charge is 0.252 e. The summed E-state index contributed by atoms with van der Waals surface area (Å²) < 4.78 is 27.9. The molecule has 0 aliphatic heterocycles. The van der Waals surface area contributed by atoms with Gasteiger partial charge in [-0.15, -0.1) is 0 Å². The molecule has 152 valence electrons. The van der Waals surface area contributed by atoms with E-state index in [1.807, 2.05) is 20.8 Å². The minimum absolute atomic E-state index is 0.215. The second-order valence-corrected chi connectivity index (χ2v) is 7.62. The van der Waals surface area contributed by atoms with E-state index in [1.165, 1.54) is 6.07 Å². The molecule has 1 unspecified atom stereocenters. The molecule has 2 aromatic carbocycles. The molecule has 6 nitrogen and oxygen atoms in total. The summed E-state index contributed by atoms with van der Waals surface area (Å²) >= 11 is 5.84. The molecule has 3 N–H and O–H groups in total. The molecular weight excluding hydrogens is 400 g/mol. The number of carbonyl (C=O) groups excluding carboxylic acids is 1. The van der Waals surface area contributed by atoms with Gasteiger partial charge in [-0.25, -0.2) is 13.8 Å². The average molecular weight is 420 g/mol. The highest BCUT2D eigenvalue weighted by Gasteiger charge is 2.27. The lowest BCUT2D eigenvalue weighted by molar-refractivity contribution is 0.0906. The highest BCUT2D eigenvalue weighted by molar-refractivity contribution is 6.30. The van der Waals surface area contributed by atoms with Crippen LogP contribution in [0.5, 0.6) is 0 Å². The topological polar surface area (TPSA) is 89.3 Å². The zero-order valence-corrected chi connectivity index (χ0v) is 16.8. The van der Waals surface area contributed by atoms with Gasteiger partial charge in [0.1, 0.15) is 23.5 Å². The summed E-state index contributed by atoms with van der Waals surface area (Å²) in [6.07, 6.45) is 0.830. The quantitative estimate of drug-likeness (QED) is 0.299. The van der Waals surface area contributed by atoms with Crippen molar-refractivity contribution in [3.8, 4) is 6.19 Å². The monoisotopic (exact) mass is 419 g/mol. The molecule has 0 saturated heterocycles. The summed E-state index contributed by atoms with van der Waals surface area (Å²) in [5.74, 6) is -2.34. The average Bonchev–Trinajstić information content (AvgIpc) is 2.64. The number of nitrogens with zero attached hydrogens (tertiary/aromatic N) is 2. The van der Waals surface area contributed by atoms with Crippen LogP contribution in [0.1, 0.15) is 31.1 Å². The van der Waals surface area contributed by atoms with E-state index >= 15 is 0 Å². The van der Waals surface area contributed by atoms with Crippen LogP contribution in [0.25, 0.3) is 0 Å². The lowest BCUT2D eigenvalue weighted by Gasteiger charge is -2.29. The first-order valence-electron chi connectivity index (χ1n) is 8.62. The van der Waals surface area contributed by atoms with Crippen molar-refractivity contribution in [3.63, 3.8) is 0 Å². The first-order valence-corrected chi connectivity index (χ1v) is 9.00. The Kier molecular flexibility index (Phi) is 7.13. The number of anilines is 1. The summed E-state index contributed by atoms with van der Waals surface area (Å²) in [6, 6.07) is 9.63. The predicted molar refractivity (Wildman–Crippen MR) is 108 cm³/mol. The van der Waals surface area contributed by atoms with Gasteiger partial charge in [0.25, 0.3) is 5.91 Å². The molecule has 2 aromatic rings. The Hall–Kier alpha value is -3.18. The van der Waals surface area contributed by atoms with E-state index in [0.717, 1.165) is 12.1 Å². The normalized spacial score (nSPS) is 12.7. The molecule has 0 aliphatic carbocycles. The lowest BCUT2D eigenvalue weighted by Crippen LogP contribution is -2.44. The number of para-hydroxylation sites is 1. The van der Waals surface area contributed by atoms with Gasteiger partial charge >= 0.3 is 0 Å². The number of nitriles is 1. The Morgan fingerprint density at radius 1 is 1.14 bits per heavy atom. The largest absolute Gasteiger partial charge is 0.330 e. The van der Waals surface area contributed by atoms with E-state index in [-0.39, 0.29) is 5.96 Å². The molecule has 29 heavy (non-hydrogen) atoms. The van der Waals surface area contributed by atoms with Gasteiger partial charge in [-0.05, 0) is 36.4 Å². The third-order valence-electron chi connectivity index (χ3n) is 3.83. The van der Waals surface area contributed by atoms with Crippen molar-refractivity contribution in [3.05, 3.63) is 64.7 Å². The fraction of sp³-hybridized carbons (Fsp3) is 0.250.